The summed E-state index contributed by atoms with van der Waals surface area (Å²) in [5, 5.41) is 0. The minimum atomic E-state index is 0.611. The molecule has 0 saturated heterocycles. The molecule has 47 valence electrons. The molecule has 0 saturated carbocycles. The first-order valence-corrected chi connectivity index (χ1v) is 3.19. The summed E-state index contributed by atoms with van der Waals surface area (Å²) in [7, 11) is 0. The van der Waals surface area contributed by atoms with Crippen LogP contribution in [0.15, 0.2) is 12.2 Å². The molecule has 0 aromatic carbocycles. The summed E-state index contributed by atoms with van der Waals surface area (Å²) in [6.07, 6.45) is 2.46. The lowest BCUT2D eigenvalue weighted by Gasteiger charge is -2.06. The highest BCUT2D eigenvalue weighted by atomic mass is 14.0. The molecule has 0 spiro atoms. The van der Waals surface area contributed by atoms with Crippen molar-refractivity contribution in [1.29, 1.82) is 0 Å². The Morgan fingerprint density at radius 2 is 2.12 bits per heavy atom. The van der Waals surface area contributed by atoms with E-state index in [2.05, 4.69) is 27.4 Å². The molecule has 0 rings (SSSR count). The van der Waals surface area contributed by atoms with Gasteiger partial charge >= 0.3 is 0 Å². The van der Waals surface area contributed by atoms with E-state index in [0.717, 1.165) is 5.57 Å². The normalized spacial score (nSPS) is 13.4. The largest absolute Gasteiger partial charge is 0.0996 e. The molecule has 0 fully saturated rings. The maximum absolute atomic E-state index is 3.76. The van der Waals surface area contributed by atoms with Gasteiger partial charge in [-0.2, -0.15) is 0 Å². The van der Waals surface area contributed by atoms with Crippen LogP contribution in [-0.2, 0) is 0 Å². The Morgan fingerprint density at radius 1 is 1.62 bits per heavy atom. The minimum absolute atomic E-state index is 0.611. The van der Waals surface area contributed by atoms with E-state index < -0.39 is 0 Å². The molecule has 0 aliphatic rings. The van der Waals surface area contributed by atoms with Crippen LogP contribution in [0.5, 0.6) is 0 Å². The Balaban J connectivity index is 3.32. The summed E-state index contributed by atoms with van der Waals surface area (Å²) in [5.74, 6) is 0.611. The first kappa shape index (κ1) is 7.74. The second-order valence-electron chi connectivity index (χ2n) is 2.35. The molecular formula is C8H15. The third-order valence-electron chi connectivity index (χ3n) is 1.42. The van der Waals surface area contributed by atoms with E-state index in [-0.39, 0.29) is 0 Å². The molecule has 0 heterocycles. The second-order valence-corrected chi connectivity index (χ2v) is 2.35. The Morgan fingerprint density at radius 3 is 2.25 bits per heavy atom. The van der Waals surface area contributed by atoms with Gasteiger partial charge in [-0.25, -0.2) is 0 Å². The number of allylic oxidation sites excluding steroid dienone is 1. The number of hydrogen-bond acceptors (Lipinski definition) is 0. The minimum Gasteiger partial charge on any atom is -0.0996 e. The van der Waals surface area contributed by atoms with Crippen LogP contribution in [0.1, 0.15) is 26.7 Å². The third-order valence-corrected chi connectivity index (χ3v) is 1.42. The molecule has 0 nitrogen and oxygen atoms in total. The molecule has 0 amide bonds. The summed E-state index contributed by atoms with van der Waals surface area (Å²) in [4.78, 5) is 0. The zero-order chi connectivity index (χ0) is 6.57. The predicted molar refractivity (Wildman–Crippen MR) is 38.6 cm³/mol. The van der Waals surface area contributed by atoms with Crippen LogP contribution in [0.3, 0.4) is 0 Å². The third kappa shape index (κ3) is 2.84. The van der Waals surface area contributed by atoms with E-state index in [4.69, 9.17) is 0 Å². The molecule has 0 aromatic rings. The summed E-state index contributed by atoms with van der Waals surface area (Å²) < 4.78 is 0. The molecule has 1 unspecified atom stereocenters. The van der Waals surface area contributed by atoms with Crippen LogP contribution >= 0.6 is 0 Å². The van der Waals surface area contributed by atoms with Gasteiger partial charge in [-0.3, -0.25) is 0 Å². The lowest BCUT2D eigenvalue weighted by Crippen LogP contribution is -1.92. The molecule has 1 atom stereocenters. The molecule has 0 aromatic heterocycles. The van der Waals surface area contributed by atoms with Gasteiger partial charge in [0.15, 0.2) is 0 Å². The molecular weight excluding hydrogens is 96.1 g/mol. The van der Waals surface area contributed by atoms with Crippen molar-refractivity contribution in [1.82, 2.24) is 0 Å². The molecule has 0 heteroatoms. The topological polar surface area (TPSA) is 0 Å². The SMILES string of the molecule is [CH2]C(=C)C(C)CCC. The quantitative estimate of drug-likeness (QED) is 0.525. The van der Waals surface area contributed by atoms with Crippen LogP contribution in [0.4, 0.5) is 0 Å². The average Bonchev–Trinajstić information content (AvgIpc) is 1.67. The van der Waals surface area contributed by atoms with Crippen LogP contribution in [-0.4, -0.2) is 0 Å². The van der Waals surface area contributed by atoms with Gasteiger partial charge in [0, 0.05) is 0 Å². The van der Waals surface area contributed by atoms with E-state index in [1.165, 1.54) is 12.8 Å². The lowest BCUT2D eigenvalue weighted by molar-refractivity contribution is 0.614. The van der Waals surface area contributed by atoms with Gasteiger partial charge in [-0.1, -0.05) is 32.4 Å². The molecule has 0 bridgehead atoms. The van der Waals surface area contributed by atoms with E-state index in [0.29, 0.717) is 5.92 Å². The van der Waals surface area contributed by atoms with Crippen molar-refractivity contribution >= 4 is 0 Å². The average molecular weight is 111 g/mol. The van der Waals surface area contributed by atoms with E-state index in [1.807, 2.05) is 0 Å². The van der Waals surface area contributed by atoms with Gasteiger partial charge in [0.1, 0.15) is 0 Å². The Bertz CT molecular complexity index is 72.1. The molecule has 8 heavy (non-hydrogen) atoms. The fourth-order valence-electron chi connectivity index (χ4n) is 0.637. The summed E-state index contributed by atoms with van der Waals surface area (Å²) in [6, 6.07) is 0. The van der Waals surface area contributed by atoms with E-state index in [9.17, 15) is 0 Å². The van der Waals surface area contributed by atoms with Gasteiger partial charge < -0.3 is 0 Å². The van der Waals surface area contributed by atoms with Gasteiger partial charge in [0.2, 0.25) is 0 Å². The molecule has 0 aliphatic carbocycles. The van der Waals surface area contributed by atoms with Crippen LogP contribution in [0.2, 0.25) is 0 Å². The maximum Gasteiger partial charge on any atom is -0.0234 e. The maximum atomic E-state index is 3.76. The Labute approximate surface area is 52.6 Å². The Hall–Kier alpha value is -0.260. The lowest BCUT2D eigenvalue weighted by atomic mass is 10.00. The second kappa shape index (κ2) is 3.71. The zero-order valence-corrected chi connectivity index (χ0v) is 5.91. The summed E-state index contributed by atoms with van der Waals surface area (Å²) in [6.45, 7) is 11.9. The molecule has 0 aliphatic heterocycles. The monoisotopic (exact) mass is 111 g/mol. The van der Waals surface area contributed by atoms with Crippen LogP contribution in [0, 0.1) is 12.8 Å². The highest BCUT2D eigenvalue weighted by Crippen LogP contribution is 2.12. The van der Waals surface area contributed by atoms with Gasteiger partial charge in [0.25, 0.3) is 0 Å². The van der Waals surface area contributed by atoms with Crippen molar-refractivity contribution in [3.63, 3.8) is 0 Å². The number of rotatable bonds is 3. The van der Waals surface area contributed by atoms with E-state index in [1.54, 1.807) is 0 Å². The summed E-state index contributed by atoms with van der Waals surface area (Å²) >= 11 is 0. The first-order valence-electron chi connectivity index (χ1n) is 3.19. The Kier molecular flexibility index (Phi) is 3.59. The van der Waals surface area contributed by atoms with Crippen LogP contribution in [0.25, 0.3) is 0 Å². The van der Waals surface area contributed by atoms with Crippen molar-refractivity contribution < 1.29 is 0 Å². The number of hydrogen-bond donors (Lipinski definition) is 0. The zero-order valence-electron chi connectivity index (χ0n) is 5.91. The van der Waals surface area contributed by atoms with Crippen LogP contribution < -0.4 is 0 Å². The summed E-state index contributed by atoms with van der Waals surface area (Å²) in [5.41, 5.74) is 1.06. The fraction of sp³-hybridized carbons (Fsp3) is 0.625. The highest BCUT2D eigenvalue weighted by molar-refractivity contribution is 5.01. The van der Waals surface area contributed by atoms with Gasteiger partial charge in [-0.05, 0) is 19.3 Å². The first-order chi connectivity index (χ1) is 3.68. The van der Waals surface area contributed by atoms with Crippen molar-refractivity contribution in [2.45, 2.75) is 26.7 Å². The highest BCUT2D eigenvalue weighted by Gasteiger charge is 1.97. The van der Waals surface area contributed by atoms with Crippen molar-refractivity contribution in [2.75, 3.05) is 0 Å². The van der Waals surface area contributed by atoms with Crippen molar-refractivity contribution in [3.8, 4) is 0 Å². The van der Waals surface area contributed by atoms with Crippen molar-refractivity contribution in [3.05, 3.63) is 19.1 Å². The smallest absolute Gasteiger partial charge is 0.0234 e. The molecule has 1 radical (unpaired) electrons. The van der Waals surface area contributed by atoms with Crippen molar-refractivity contribution in [2.24, 2.45) is 5.92 Å². The predicted octanol–water partition coefficient (Wildman–Crippen LogP) is 2.81. The van der Waals surface area contributed by atoms with Gasteiger partial charge in [0.05, 0.1) is 0 Å². The van der Waals surface area contributed by atoms with Gasteiger partial charge in [-0.15, -0.1) is 0 Å². The standard InChI is InChI=1S/C8H15/c1-5-6-8(4)7(2)3/h8H,2-3,5-6H2,1,4H3. The fourth-order valence-corrected chi connectivity index (χ4v) is 0.637. The van der Waals surface area contributed by atoms with E-state index >= 15 is 0 Å². The molecule has 0 N–H and O–H groups in total.